The molecule has 1 amide bonds. The van der Waals surface area contributed by atoms with Crippen LogP contribution in [0.25, 0.3) is 5.69 Å². The lowest BCUT2D eigenvalue weighted by atomic mass is 9.91. The van der Waals surface area contributed by atoms with Gasteiger partial charge in [-0.3, -0.25) is 4.79 Å². The van der Waals surface area contributed by atoms with Crippen LogP contribution in [0.4, 0.5) is 0 Å². The zero-order valence-electron chi connectivity index (χ0n) is 17.9. The Bertz CT molecular complexity index is 1110. The quantitative estimate of drug-likeness (QED) is 0.708. The van der Waals surface area contributed by atoms with Crippen LogP contribution in [0.5, 0.6) is 0 Å². The van der Waals surface area contributed by atoms with Crippen LogP contribution in [0.1, 0.15) is 44.6 Å². The summed E-state index contributed by atoms with van der Waals surface area (Å²) >= 11 is 0. The highest BCUT2D eigenvalue weighted by Gasteiger charge is 2.39. The summed E-state index contributed by atoms with van der Waals surface area (Å²) in [6, 6.07) is 12.0. The molecule has 3 aromatic rings. The summed E-state index contributed by atoms with van der Waals surface area (Å²) < 4.78 is 7.38. The van der Waals surface area contributed by atoms with E-state index in [2.05, 4.69) is 49.3 Å². The van der Waals surface area contributed by atoms with E-state index in [1.807, 2.05) is 16.9 Å². The SMILES string of the molecule is Cc1c(Cc2ccc(-n3cccn3)cc2)cc2c(c1C)CN([C@@H]1COCC[C@H]1O)C2=O. The molecular weight excluding hydrogens is 390 g/mol. The lowest BCUT2D eigenvalue weighted by Crippen LogP contribution is -2.49. The largest absolute Gasteiger partial charge is 0.391 e. The minimum Gasteiger partial charge on any atom is -0.391 e. The number of aliphatic hydroxyl groups excluding tert-OH is 1. The minimum atomic E-state index is -0.527. The summed E-state index contributed by atoms with van der Waals surface area (Å²) in [5, 5.41) is 14.7. The number of carbonyl (C=O) groups is 1. The second-order valence-corrected chi connectivity index (χ2v) is 8.54. The fraction of sp³-hybridized carbons (Fsp3) is 0.360. The van der Waals surface area contributed by atoms with Crippen molar-refractivity contribution in [2.45, 2.75) is 45.4 Å². The first-order valence-corrected chi connectivity index (χ1v) is 10.8. The Morgan fingerprint density at radius 2 is 2.00 bits per heavy atom. The molecule has 3 heterocycles. The number of fused-ring (bicyclic) bond motifs is 1. The van der Waals surface area contributed by atoms with Crippen LogP contribution in [0.2, 0.25) is 0 Å². The average Bonchev–Trinajstić information content (AvgIpc) is 3.42. The molecule has 0 spiro atoms. The van der Waals surface area contributed by atoms with Gasteiger partial charge in [-0.25, -0.2) is 4.68 Å². The van der Waals surface area contributed by atoms with Gasteiger partial charge in [-0.1, -0.05) is 12.1 Å². The fourth-order valence-corrected chi connectivity index (χ4v) is 4.70. The van der Waals surface area contributed by atoms with E-state index in [1.54, 1.807) is 11.1 Å². The molecule has 160 valence electrons. The predicted octanol–water partition coefficient (Wildman–Crippen LogP) is 3.19. The van der Waals surface area contributed by atoms with Gasteiger partial charge in [0.05, 0.1) is 24.4 Å². The van der Waals surface area contributed by atoms with Gasteiger partial charge in [0.1, 0.15) is 0 Å². The normalized spacial score (nSPS) is 20.9. The van der Waals surface area contributed by atoms with Gasteiger partial charge in [0.2, 0.25) is 0 Å². The molecule has 31 heavy (non-hydrogen) atoms. The van der Waals surface area contributed by atoms with E-state index in [0.29, 0.717) is 26.2 Å². The Morgan fingerprint density at radius 3 is 2.71 bits per heavy atom. The number of nitrogens with zero attached hydrogens (tertiary/aromatic N) is 3. The number of benzene rings is 2. The van der Waals surface area contributed by atoms with Crippen molar-refractivity contribution in [3.8, 4) is 5.69 Å². The van der Waals surface area contributed by atoms with Crippen molar-refractivity contribution in [2.75, 3.05) is 13.2 Å². The Kier molecular flexibility index (Phi) is 5.12. The summed E-state index contributed by atoms with van der Waals surface area (Å²) in [7, 11) is 0. The van der Waals surface area contributed by atoms with Crippen molar-refractivity contribution in [2.24, 2.45) is 0 Å². The molecule has 2 atom stereocenters. The zero-order chi connectivity index (χ0) is 21.5. The number of amides is 1. The molecule has 1 N–H and O–H groups in total. The molecule has 2 aromatic carbocycles. The Labute approximate surface area is 182 Å². The highest BCUT2D eigenvalue weighted by molar-refractivity contribution is 5.99. The Balaban J connectivity index is 1.41. The maximum Gasteiger partial charge on any atom is 0.254 e. The van der Waals surface area contributed by atoms with Gasteiger partial charge in [-0.15, -0.1) is 0 Å². The molecule has 1 aromatic heterocycles. The van der Waals surface area contributed by atoms with Crippen molar-refractivity contribution in [3.63, 3.8) is 0 Å². The maximum atomic E-state index is 13.2. The summed E-state index contributed by atoms with van der Waals surface area (Å²) in [6.07, 6.45) is 4.50. The average molecular weight is 418 g/mol. The van der Waals surface area contributed by atoms with E-state index < -0.39 is 6.10 Å². The van der Waals surface area contributed by atoms with Crippen molar-refractivity contribution in [1.29, 1.82) is 0 Å². The van der Waals surface area contributed by atoms with E-state index in [9.17, 15) is 9.90 Å². The summed E-state index contributed by atoms with van der Waals surface area (Å²) in [6.45, 7) is 5.73. The molecule has 0 saturated carbocycles. The first-order chi connectivity index (χ1) is 15.0. The topological polar surface area (TPSA) is 67.6 Å². The van der Waals surface area contributed by atoms with Gasteiger partial charge in [0, 0.05) is 31.1 Å². The second-order valence-electron chi connectivity index (χ2n) is 8.54. The van der Waals surface area contributed by atoms with Crippen molar-refractivity contribution in [1.82, 2.24) is 14.7 Å². The monoisotopic (exact) mass is 417 g/mol. The van der Waals surface area contributed by atoms with Gasteiger partial charge in [-0.05, 0) is 78.8 Å². The molecule has 0 bridgehead atoms. The van der Waals surface area contributed by atoms with E-state index >= 15 is 0 Å². The number of ether oxygens (including phenoxy) is 1. The lowest BCUT2D eigenvalue weighted by molar-refractivity contribution is -0.0528. The summed E-state index contributed by atoms with van der Waals surface area (Å²) in [4.78, 5) is 15.0. The van der Waals surface area contributed by atoms with Gasteiger partial charge in [0.15, 0.2) is 0 Å². The number of carbonyl (C=O) groups excluding carboxylic acids is 1. The molecule has 2 aliphatic rings. The number of rotatable bonds is 4. The lowest BCUT2D eigenvalue weighted by Gasteiger charge is -2.34. The summed E-state index contributed by atoms with van der Waals surface area (Å²) in [5.74, 6) is 0.00271. The predicted molar refractivity (Wildman–Crippen MR) is 117 cm³/mol. The number of aliphatic hydroxyl groups is 1. The first-order valence-electron chi connectivity index (χ1n) is 10.8. The van der Waals surface area contributed by atoms with Crippen molar-refractivity contribution in [3.05, 3.63) is 82.2 Å². The molecule has 0 aliphatic carbocycles. The zero-order valence-corrected chi connectivity index (χ0v) is 17.9. The molecule has 5 rings (SSSR count). The van der Waals surface area contributed by atoms with Crippen LogP contribution in [-0.2, 0) is 17.7 Å². The van der Waals surface area contributed by atoms with Crippen LogP contribution in [-0.4, -0.2) is 51.1 Å². The molecule has 0 unspecified atom stereocenters. The molecule has 1 saturated heterocycles. The smallest absolute Gasteiger partial charge is 0.254 e. The third-order valence-electron chi connectivity index (χ3n) is 6.75. The van der Waals surface area contributed by atoms with E-state index in [1.165, 1.54) is 22.3 Å². The standard InChI is InChI=1S/C25H27N3O3/c1-16-17(2)22-14-27(23-15-31-11-8-24(23)29)25(30)21(22)13-19(16)12-18-4-6-20(7-5-18)28-10-3-9-26-28/h3-7,9-10,13,23-24,29H,8,11-12,14-15H2,1-2H3/t23-,24-/m1/s1. The van der Waals surface area contributed by atoms with Crippen LogP contribution < -0.4 is 0 Å². The van der Waals surface area contributed by atoms with E-state index in [0.717, 1.165) is 23.2 Å². The molecule has 2 aliphatic heterocycles. The fourth-order valence-electron chi connectivity index (χ4n) is 4.70. The van der Waals surface area contributed by atoms with Crippen LogP contribution in [0.15, 0.2) is 48.8 Å². The highest BCUT2D eigenvalue weighted by atomic mass is 16.5. The molecular formula is C25H27N3O3. The number of hydrogen-bond donors (Lipinski definition) is 1. The number of aromatic nitrogens is 2. The third kappa shape index (κ3) is 3.56. The van der Waals surface area contributed by atoms with E-state index in [4.69, 9.17) is 4.74 Å². The van der Waals surface area contributed by atoms with Gasteiger partial charge in [-0.2, -0.15) is 5.10 Å². The van der Waals surface area contributed by atoms with Crippen molar-refractivity contribution < 1.29 is 14.6 Å². The highest BCUT2D eigenvalue weighted by Crippen LogP contribution is 2.33. The van der Waals surface area contributed by atoms with Gasteiger partial charge < -0.3 is 14.7 Å². The maximum absolute atomic E-state index is 13.2. The van der Waals surface area contributed by atoms with Gasteiger partial charge >= 0.3 is 0 Å². The molecule has 6 nitrogen and oxygen atoms in total. The summed E-state index contributed by atoms with van der Waals surface area (Å²) in [5.41, 5.74) is 7.62. The molecule has 0 radical (unpaired) electrons. The van der Waals surface area contributed by atoms with E-state index in [-0.39, 0.29) is 11.9 Å². The van der Waals surface area contributed by atoms with Crippen LogP contribution in [0, 0.1) is 13.8 Å². The third-order valence-corrected chi connectivity index (χ3v) is 6.75. The second kappa shape index (κ2) is 7.94. The Hall–Kier alpha value is -2.96. The Morgan fingerprint density at radius 1 is 1.19 bits per heavy atom. The molecule has 1 fully saturated rings. The van der Waals surface area contributed by atoms with Crippen LogP contribution >= 0.6 is 0 Å². The number of hydrogen-bond acceptors (Lipinski definition) is 4. The van der Waals surface area contributed by atoms with Crippen molar-refractivity contribution >= 4 is 5.91 Å². The van der Waals surface area contributed by atoms with Crippen LogP contribution in [0.3, 0.4) is 0 Å². The van der Waals surface area contributed by atoms with Gasteiger partial charge in [0.25, 0.3) is 5.91 Å². The minimum absolute atomic E-state index is 0.00271. The first kappa shape index (κ1) is 20.0. The molecule has 6 heteroatoms.